The van der Waals surface area contributed by atoms with E-state index in [9.17, 15) is 4.79 Å². The molecule has 0 fully saturated rings. The van der Waals surface area contributed by atoms with Gasteiger partial charge in [-0.05, 0) is 12.1 Å². The van der Waals surface area contributed by atoms with E-state index in [-0.39, 0.29) is 5.56 Å². The number of nitrogens with zero attached hydrogens (tertiary/aromatic N) is 4. The molecule has 0 atom stereocenters. The molecule has 0 bridgehead atoms. The zero-order chi connectivity index (χ0) is 16.4. The molecule has 0 radical (unpaired) electrons. The van der Waals surface area contributed by atoms with Crippen LogP contribution in [0.2, 0.25) is 0 Å². The lowest BCUT2D eigenvalue weighted by atomic mass is 10.4. The minimum atomic E-state index is -0.0603. The van der Waals surface area contributed by atoms with E-state index >= 15 is 0 Å². The van der Waals surface area contributed by atoms with E-state index in [4.69, 9.17) is 4.42 Å². The fourth-order valence-corrected chi connectivity index (χ4v) is 4.39. The van der Waals surface area contributed by atoms with Gasteiger partial charge in [-0.15, -0.1) is 21.5 Å². The van der Waals surface area contributed by atoms with Crippen LogP contribution in [0.5, 0.6) is 0 Å². The predicted octanol–water partition coefficient (Wildman–Crippen LogP) is 3.10. The Morgan fingerprint density at radius 1 is 1.38 bits per heavy atom. The number of thioether (sulfide) groups is 1. The van der Waals surface area contributed by atoms with Crippen LogP contribution in [0.15, 0.2) is 49.6 Å². The van der Waals surface area contributed by atoms with Crippen molar-refractivity contribution in [2.24, 2.45) is 0 Å². The highest BCUT2D eigenvalue weighted by molar-refractivity contribution is 8.00. The minimum Gasteiger partial charge on any atom is -0.467 e. The van der Waals surface area contributed by atoms with Crippen LogP contribution in [0.3, 0.4) is 0 Å². The SMILES string of the molecule is O=c1cc(CSc2nnc(NCc3ccco3)s2)nc2sccn12. The van der Waals surface area contributed by atoms with Crippen molar-refractivity contribution in [3.8, 4) is 0 Å². The maximum atomic E-state index is 11.9. The van der Waals surface area contributed by atoms with Crippen LogP contribution in [0.1, 0.15) is 11.5 Å². The summed E-state index contributed by atoms with van der Waals surface area (Å²) in [5.74, 6) is 1.42. The van der Waals surface area contributed by atoms with Gasteiger partial charge in [0.2, 0.25) is 5.13 Å². The summed E-state index contributed by atoms with van der Waals surface area (Å²) in [5.41, 5.74) is 0.683. The second-order valence-corrected chi connectivity index (χ2v) is 7.81. The van der Waals surface area contributed by atoms with Crippen molar-refractivity contribution in [1.29, 1.82) is 0 Å². The smallest absolute Gasteiger partial charge is 0.258 e. The molecular formula is C14H11N5O2S3. The zero-order valence-electron chi connectivity index (χ0n) is 12.2. The third-order valence-electron chi connectivity index (χ3n) is 3.10. The van der Waals surface area contributed by atoms with Crippen LogP contribution in [0.25, 0.3) is 4.96 Å². The van der Waals surface area contributed by atoms with Crippen LogP contribution >= 0.6 is 34.4 Å². The van der Waals surface area contributed by atoms with Crippen LogP contribution in [0.4, 0.5) is 5.13 Å². The van der Waals surface area contributed by atoms with Crippen molar-refractivity contribution in [3.05, 3.63) is 57.8 Å². The molecule has 0 aliphatic heterocycles. The topological polar surface area (TPSA) is 85.3 Å². The first-order chi connectivity index (χ1) is 11.8. The predicted molar refractivity (Wildman–Crippen MR) is 94.8 cm³/mol. The van der Waals surface area contributed by atoms with E-state index in [2.05, 4.69) is 20.5 Å². The number of furan rings is 1. The molecule has 10 heteroatoms. The number of rotatable bonds is 6. The van der Waals surface area contributed by atoms with E-state index in [1.54, 1.807) is 22.9 Å². The van der Waals surface area contributed by atoms with Crippen LogP contribution in [-0.2, 0) is 12.3 Å². The van der Waals surface area contributed by atoms with Gasteiger partial charge in [0.25, 0.3) is 5.56 Å². The first kappa shape index (κ1) is 15.4. The van der Waals surface area contributed by atoms with Crippen molar-refractivity contribution in [3.63, 3.8) is 0 Å². The van der Waals surface area contributed by atoms with E-state index in [0.29, 0.717) is 17.3 Å². The van der Waals surface area contributed by atoms with Gasteiger partial charge in [-0.1, -0.05) is 23.1 Å². The van der Waals surface area contributed by atoms with Gasteiger partial charge < -0.3 is 9.73 Å². The molecular weight excluding hydrogens is 366 g/mol. The molecule has 0 spiro atoms. The first-order valence-electron chi connectivity index (χ1n) is 6.96. The normalized spacial score (nSPS) is 11.2. The molecule has 1 N–H and O–H groups in total. The highest BCUT2D eigenvalue weighted by Crippen LogP contribution is 2.28. The molecule has 0 saturated heterocycles. The summed E-state index contributed by atoms with van der Waals surface area (Å²) in [4.78, 5) is 17.1. The molecule has 0 amide bonds. The lowest BCUT2D eigenvalue weighted by Gasteiger charge is -1.99. The van der Waals surface area contributed by atoms with Crippen molar-refractivity contribution in [1.82, 2.24) is 19.6 Å². The Labute approximate surface area is 148 Å². The average molecular weight is 377 g/mol. The standard InChI is InChI=1S/C14H11N5O2S3/c20-11-6-9(16-13-19(11)3-5-22-13)8-23-14-18-17-12(24-14)15-7-10-2-1-4-21-10/h1-6H,7-8H2,(H,15,17). The molecule has 4 heterocycles. The summed E-state index contributed by atoms with van der Waals surface area (Å²) in [6, 6.07) is 5.30. The van der Waals surface area contributed by atoms with E-state index in [0.717, 1.165) is 20.9 Å². The number of hydrogen-bond acceptors (Lipinski definition) is 9. The second-order valence-electron chi connectivity index (χ2n) is 4.74. The van der Waals surface area contributed by atoms with Crippen LogP contribution < -0.4 is 10.9 Å². The summed E-state index contributed by atoms with van der Waals surface area (Å²) in [5, 5.41) is 14.0. The fourth-order valence-electron chi connectivity index (χ4n) is 2.01. The molecule has 0 aliphatic carbocycles. The Hall–Kier alpha value is -2.17. The number of hydrogen-bond donors (Lipinski definition) is 1. The summed E-state index contributed by atoms with van der Waals surface area (Å²) >= 11 is 4.42. The third-order valence-corrected chi connectivity index (χ3v) is 5.90. The summed E-state index contributed by atoms with van der Waals surface area (Å²) < 4.78 is 7.62. The van der Waals surface area contributed by atoms with Crippen molar-refractivity contribution in [2.75, 3.05) is 5.32 Å². The zero-order valence-corrected chi connectivity index (χ0v) is 14.7. The maximum absolute atomic E-state index is 11.9. The quantitative estimate of drug-likeness (QED) is 0.517. The molecule has 4 aromatic rings. The molecule has 122 valence electrons. The van der Waals surface area contributed by atoms with E-state index in [1.165, 1.54) is 34.4 Å². The molecule has 7 nitrogen and oxygen atoms in total. The Kier molecular flexibility index (Phi) is 4.32. The number of anilines is 1. The lowest BCUT2D eigenvalue weighted by molar-refractivity contribution is 0.518. The van der Waals surface area contributed by atoms with Crippen molar-refractivity contribution >= 4 is 44.5 Å². The first-order valence-corrected chi connectivity index (χ1v) is 9.64. The average Bonchev–Trinajstić information content (AvgIpc) is 3.32. The van der Waals surface area contributed by atoms with Gasteiger partial charge in [-0.2, -0.15) is 0 Å². The molecule has 4 aromatic heterocycles. The minimum absolute atomic E-state index is 0.0603. The van der Waals surface area contributed by atoms with Gasteiger partial charge in [0.15, 0.2) is 9.30 Å². The lowest BCUT2D eigenvalue weighted by Crippen LogP contribution is -2.12. The second kappa shape index (κ2) is 6.75. The van der Waals surface area contributed by atoms with Gasteiger partial charge in [0.1, 0.15) is 5.76 Å². The Morgan fingerprint density at radius 2 is 2.33 bits per heavy atom. The molecule has 0 unspecified atom stereocenters. The summed E-state index contributed by atoms with van der Waals surface area (Å²) in [7, 11) is 0. The highest BCUT2D eigenvalue weighted by Gasteiger charge is 2.08. The third kappa shape index (κ3) is 3.35. The van der Waals surface area contributed by atoms with E-state index in [1.807, 2.05) is 17.5 Å². The largest absolute Gasteiger partial charge is 0.467 e. The highest BCUT2D eigenvalue weighted by atomic mass is 32.2. The summed E-state index contributed by atoms with van der Waals surface area (Å²) in [6.07, 6.45) is 3.37. The number of aromatic nitrogens is 4. The van der Waals surface area contributed by atoms with Gasteiger partial charge >= 0.3 is 0 Å². The van der Waals surface area contributed by atoms with Crippen LogP contribution in [0, 0.1) is 0 Å². The van der Waals surface area contributed by atoms with Crippen LogP contribution in [-0.4, -0.2) is 19.6 Å². The molecule has 0 aromatic carbocycles. The fraction of sp³-hybridized carbons (Fsp3) is 0.143. The Morgan fingerprint density at radius 3 is 3.21 bits per heavy atom. The monoisotopic (exact) mass is 377 g/mol. The number of nitrogens with one attached hydrogen (secondary N) is 1. The van der Waals surface area contributed by atoms with Gasteiger partial charge in [-0.25, -0.2) is 4.98 Å². The van der Waals surface area contributed by atoms with Gasteiger partial charge in [-0.3, -0.25) is 9.20 Å². The molecule has 4 rings (SSSR count). The van der Waals surface area contributed by atoms with E-state index < -0.39 is 0 Å². The van der Waals surface area contributed by atoms with Crippen molar-refractivity contribution < 1.29 is 4.42 Å². The Bertz CT molecular complexity index is 1000. The Balaban J connectivity index is 1.39. The molecule has 0 aliphatic rings. The van der Waals surface area contributed by atoms with Gasteiger partial charge in [0, 0.05) is 23.4 Å². The summed E-state index contributed by atoms with van der Waals surface area (Å²) in [6.45, 7) is 0.569. The molecule has 24 heavy (non-hydrogen) atoms. The number of thiazole rings is 1. The van der Waals surface area contributed by atoms with Gasteiger partial charge in [0.05, 0.1) is 18.5 Å². The number of fused-ring (bicyclic) bond motifs is 1. The van der Waals surface area contributed by atoms with Crippen molar-refractivity contribution in [2.45, 2.75) is 16.6 Å². The molecule has 0 saturated carbocycles. The maximum Gasteiger partial charge on any atom is 0.258 e.